The third kappa shape index (κ3) is 3.75. The number of hydrogen-bond donors (Lipinski definition) is 1. The average molecular weight is 577 g/mol. The lowest BCUT2D eigenvalue weighted by molar-refractivity contribution is -0.131. The second-order valence-electron chi connectivity index (χ2n) is 12.0. The molecule has 8 heteroatoms. The minimum Gasteiger partial charge on any atom is -0.504 e. The smallest absolute Gasteiger partial charge is 0.241 e. The molecule has 0 spiro atoms. The quantitative estimate of drug-likeness (QED) is 0.330. The molecule has 4 amide bonds. The number of phenolic OH excluding ortho intramolecular Hbond substituents is 1. The Bertz CT molecular complexity index is 1680. The van der Waals surface area contributed by atoms with Gasteiger partial charge in [0.1, 0.15) is 0 Å². The van der Waals surface area contributed by atoms with Gasteiger partial charge in [-0.05, 0) is 62.9 Å². The molecule has 1 saturated carbocycles. The number of carbonyl (C=O) groups is 4. The highest BCUT2D eigenvalue weighted by molar-refractivity contribution is 6.25. The van der Waals surface area contributed by atoms with Gasteiger partial charge in [0.2, 0.25) is 23.6 Å². The van der Waals surface area contributed by atoms with Crippen LogP contribution in [0.5, 0.6) is 11.5 Å². The maximum absolute atomic E-state index is 14.5. The predicted octanol–water partition coefficient (Wildman–Crippen LogP) is 5.23. The zero-order valence-electron chi connectivity index (χ0n) is 24.0. The summed E-state index contributed by atoms with van der Waals surface area (Å²) in [6, 6.07) is 23.0. The van der Waals surface area contributed by atoms with Crippen molar-refractivity contribution in [2.45, 2.75) is 32.6 Å². The zero-order chi connectivity index (χ0) is 30.0. The number of allylic oxidation sites excluding steroid dienone is 2. The number of aromatic hydroxyl groups is 1. The third-order valence-electron chi connectivity index (χ3n) is 9.94. The summed E-state index contributed by atoms with van der Waals surface area (Å²) in [6.45, 7) is 3.96. The third-order valence-corrected chi connectivity index (χ3v) is 9.94. The molecule has 2 aliphatic carbocycles. The van der Waals surface area contributed by atoms with Crippen LogP contribution in [0.1, 0.15) is 38.2 Å². The number of nitrogens with zero attached hydrogens (tertiary/aromatic N) is 2. The van der Waals surface area contributed by atoms with Crippen molar-refractivity contribution >= 4 is 35.0 Å². The highest BCUT2D eigenvalue weighted by atomic mass is 16.5. The van der Waals surface area contributed by atoms with Gasteiger partial charge >= 0.3 is 0 Å². The van der Waals surface area contributed by atoms with Gasteiger partial charge in [-0.2, -0.15) is 0 Å². The standard InChI is InChI=1S/C35H32N2O6/c1-3-43-27-16-10-15-24(30(27)38)29-22-17-18-23-28(33(41)36(31(23)39)20-11-6-4-7-12-20)25(22)19-26-32(40)37(34(42)35(26,29)2)21-13-8-5-9-14-21/h4-17,23,25-26,28-29,38H,3,18-19H2,1-2H3/t23-,25+,26-,28-,29+,35+/m0/s1. The number of anilines is 2. The van der Waals surface area contributed by atoms with Crippen molar-refractivity contribution < 1.29 is 29.0 Å². The molecular formula is C35H32N2O6. The van der Waals surface area contributed by atoms with Gasteiger partial charge < -0.3 is 9.84 Å². The summed E-state index contributed by atoms with van der Waals surface area (Å²) in [6.07, 6.45) is 2.56. The molecule has 2 saturated heterocycles. The Labute approximate surface area is 249 Å². The minimum absolute atomic E-state index is 0.0869. The number of fused-ring (bicyclic) bond motifs is 4. The van der Waals surface area contributed by atoms with E-state index >= 15 is 0 Å². The largest absolute Gasteiger partial charge is 0.504 e. The Kier molecular flexibility index (Phi) is 6.27. The fourth-order valence-corrected chi connectivity index (χ4v) is 8.06. The van der Waals surface area contributed by atoms with Crippen molar-refractivity contribution in [3.63, 3.8) is 0 Å². The molecule has 0 radical (unpaired) electrons. The van der Waals surface area contributed by atoms with Crippen molar-refractivity contribution in [3.8, 4) is 11.5 Å². The molecule has 0 bridgehead atoms. The normalized spacial score (nSPS) is 29.7. The predicted molar refractivity (Wildman–Crippen MR) is 159 cm³/mol. The molecule has 3 aromatic rings. The van der Waals surface area contributed by atoms with Crippen LogP contribution in [0.15, 0.2) is 90.5 Å². The Morgan fingerprint density at radius 1 is 0.814 bits per heavy atom. The second kappa shape index (κ2) is 9.93. The lowest BCUT2D eigenvalue weighted by Gasteiger charge is -2.49. The molecule has 2 aliphatic heterocycles. The highest BCUT2D eigenvalue weighted by Crippen LogP contribution is 2.64. The average Bonchev–Trinajstić information content (AvgIpc) is 3.39. The topological polar surface area (TPSA) is 104 Å². The van der Waals surface area contributed by atoms with E-state index in [1.54, 1.807) is 73.7 Å². The number of carbonyl (C=O) groups excluding carboxylic acids is 4. The molecule has 3 aromatic carbocycles. The number of hydrogen-bond acceptors (Lipinski definition) is 6. The van der Waals surface area contributed by atoms with Crippen LogP contribution in [0.2, 0.25) is 0 Å². The van der Waals surface area contributed by atoms with Crippen LogP contribution < -0.4 is 14.5 Å². The fourth-order valence-electron chi connectivity index (χ4n) is 8.06. The van der Waals surface area contributed by atoms with E-state index in [1.165, 1.54) is 9.80 Å². The molecule has 0 aromatic heterocycles. The summed E-state index contributed by atoms with van der Waals surface area (Å²) < 4.78 is 5.71. The number of ether oxygens (including phenoxy) is 1. The lowest BCUT2D eigenvalue weighted by atomic mass is 9.51. The summed E-state index contributed by atoms with van der Waals surface area (Å²) in [5, 5.41) is 11.5. The molecule has 7 rings (SSSR count). The number of benzene rings is 3. The van der Waals surface area contributed by atoms with Crippen LogP contribution in [0.25, 0.3) is 0 Å². The Hall–Kier alpha value is -4.72. The summed E-state index contributed by atoms with van der Waals surface area (Å²) in [4.78, 5) is 59.0. The molecular weight excluding hydrogens is 544 g/mol. The van der Waals surface area contributed by atoms with Gasteiger partial charge in [-0.25, -0.2) is 4.90 Å². The number of rotatable bonds is 5. The van der Waals surface area contributed by atoms with E-state index in [1.807, 2.05) is 25.1 Å². The Morgan fingerprint density at radius 2 is 1.47 bits per heavy atom. The summed E-state index contributed by atoms with van der Waals surface area (Å²) in [7, 11) is 0. The molecule has 218 valence electrons. The van der Waals surface area contributed by atoms with Crippen molar-refractivity contribution in [1.82, 2.24) is 0 Å². The van der Waals surface area contributed by atoms with Gasteiger partial charge in [-0.3, -0.25) is 24.1 Å². The van der Waals surface area contributed by atoms with Gasteiger partial charge in [0, 0.05) is 11.5 Å². The SMILES string of the molecule is CCOc1cccc([C@H]2C3=CC[C@@H]4C(=O)N(c5ccccc5)C(=O)[C@@H]4[C@@H]3C[C@H]3C(=O)N(c4ccccc4)C(=O)[C@@]23C)c1O. The van der Waals surface area contributed by atoms with Crippen LogP contribution in [0, 0.1) is 29.1 Å². The van der Waals surface area contributed by atoms with Gasteiger partial charge in [-0.1, -0.05) is 60.2 Å². The first-order valence-electron chi connectivity index (χ1n) is 14.8. The molecule has 1 N–H and O–H groups in total. The number of imide groups is 2. The lowest BCUT2D eigenvalue weighted by Crippen LogP contribution is -2.48. The van der Waals surface area contributed by atoms with Crippen LogP contribution in [0.3, 0.4) is 0 Å². The van der Waals surface area contributed by atoms with Crippen molar-refractivity contribution in [2.75, 3.05) is 16.4 Å². The Morgan fingerprint density at radius 3 is 2.12 bits per heavy atom. The number of phenols is 1. The van der Waals surface area contributed by atoms with Crippen molar-refractivity contribution in [3.05, 3.63) is 96.1 Å². The summed E-state index contributed by atoms with van der Waals surface area (Å²) in [5.74, 6) is -4.20. The van der Waals surface area contributed by atoms with Crippen molar-refractivity contribution in [1.29, 1.82) is 0 Å². The minimum atomic E-state index is -1.24. The van der Waals surface area contributed by atoms with E-state index in [9.17, 15) is 24.3 Å². The van der Waals surface area contributed by atoms with Gasteiger partial charge in [0.05, 0.1) is 41.2 Å². The van der Waals surface area contributed by atoms with Gasteiger partial charge in [-0.15, -0.1) is 0 Å². The monoisotopic (exact) mass is 576 g/mol. The van der Waals surface area contributed by atoms with E-state index in [0.717, 1.165) is 5.57 Å². The molecule has 2 heterocycles. The van der Waals surface area contributed by atoms with E-state index in [-0.39, 0.29) is 41.5 Å². The molecule has 3 fully saturated rings. The Balaban J connectivity index is 1.39. The van der Waals surface area contributed by atoms with E-state index in [4.69, 9.17) is 4.74 Å². The van der Waals surface area contributed by atoms with Crippen LogP contribution in [0.4, 0.5) is 11.4 Å². The van der Waals surface area contributed by atoms with E-state index in [2.05, 4.69) is 0 Å². The molecule has 8 nitrogen and oxygen atoms in total. The van der Waals surface area contributed by atoms with E-state index < -0.39 is 35.0 Å². The first kappa shape index (κ1) is 27.1. The maximum Gasteiger partial charge on any atom is 0.241 e. The molecule has 0 unspecified atom stereocenters. The zero-order valence-corrected chi connectivity index (χ0v) is 24.0. The molecule has 4 aliphatic rings. The highest BCUT2D eigenvalue weighted by Gasteiger charge is 2.68. The molecule has 43 heavy (non-hydrogen) atoms. The summed E-state index contributed by atoms with van der Waals surface area (Å²) in [5.41, 5.74) is 1.05. The maximum atomic E-state index is 14.5. The van der Waals surface area contributed by atoms with Crippen LogP contribution in [-0.2, 0) is 19.2 Å². The van der Waals surface area contributed by atoms with Crippen LogP contribution >= 0.6 is 0 Å². The van der Waals surface area contributed by atoms with Crippen LogP contribution in [-0.4, -0.2) is 35.3 Å². The first-order chi connectivity index (χ1) is 20.8. The van der Waals surface area contributed by atoms with Gasteiger partial charge in [0.25, 0.3) is 0 Å². The van der Waals surface area contributed by atoms with Gasteiger partial charge in [0.15, 0.2) is 11.5 Å². The second-order valence-corrected chi connectivity index (χ2v) is 12.0. The van der Waals surface area contributed by atoms with Crippen molar-refractivity contribution in [2.24, 2.45) is 29.1 Å². The molecule has 6 atom stereocenters. The number of amides is 4. The summed E-state index contributed by atoms with van der Waals surface area (Å²) >= 11 is 0. The van der Waals surface area contributed by atoms with E-state index in [0.29, 0.717) is 30.0 Å². The fraction of sp³-hybridized carbons (Fsp3) is 0.314. The first-order valence-corrected chi connectivity index (χ1v) is 14.8. The number of para-hydroxylation sites is 3.